The lowest BCUT2D eigenvalue weighted by Crippen LogP contribution is -2.48. The molecule has 0 fully saturated rings. The summed E-state index contributed by atoms with van der Waals surface area (Å²) in [6.45, 7) is 0.269. The Morgan fingerprint density at radius 2 is 1.53 bits per heavy atom. The maximum Gasteiger partial charge on any atom is 0.333 e. The molecule has 166 valence electrons. The summed E-state index contributed by atoms with van der Waals surface area (Å²) in [4.78, 5) is 35.7. The molecule has 0 unspecified atom stereocenters. The molecule has 32 heavy (non-hydrogen) atoms. The zero-order valence-corrected chi connectivity index (χ0v) is 16.9. The SMILES string of the molecule is O=C(NCCNC(=O)c1ccccc1F)NNC(=O)c1ccc(COc2ccccc2)o1. The van der Waals surface area contributed by atoms with Gasteiger partial charge in [0.1, 0.15) is 23.9 Å². The van der Waals surface area contributed by atoms with E-state index in [0.717, 1.165) is 0 Å². The highest BCUT2D eigenvalue weighted by Gasteiger charge is 2.13. The van der Waals surface area contributed by atoms with Gasteiger partial charge in [-0.05, 0) is 36.4 Å². The van der Waals surface area contributed by atoms with E-state index in [4.69, 9.17) is 9.15 Å². The van der Waals surface area contributed by atoms with Crippen LogP contribution in [0.2, 0.25) is 0 Å². The Balaban J connectivity index is 1.33. The van der Waals surface area contributed by atoms with Gasteiger partial charge in [-0.1, -0.05) is 30.3 Å². The molecule has 2 aromatic carbocycles. The lowest BCUT2D eigenvalue weighted by Gasteiger charge is -2.09. The van der Waals surface area contributed by atoms with Crippen LogP contribution in [-0.2, 0) is 6.61 Å². The number of halogens is 1. The maximum absolute atomic E-state index is 13.5. The summed E-state index contributed by atoms with van der Waals surface area (Å²) in [5, 5.41) is 4.91. The third-order valence-electron chi connectivity index (χ3n) is 4.11. The van der Waals surface area contributed by atoms with E-state index in [1.54, 1.807) is 24.3 Å². The third kappa shape index (κ3) is 6.59. The molecule has 4 N–H and O–H groups in total. The summed E-state index contributed by atoms with van der Waals surface area (Å²) in [7, 11) is 0. The first-order valence-corrected chi connectivity index (χ1v) is 9.66. The maximum atomic E-state index is 13.5. The van der Waals surface area contributed by atoms with Gasteiger partial charge in [-0.25, -0.2) is 14.6 Å². The van der Waals surface area contributed by atoms with Crippen molar-refractivity contribution in [2.75, 3.05) is 13.1 Å². The van der Waals surface area contributed by atoms with Gasteiger partial charge in [0.15, 0.2) is 5.76 Å². The molecule has 0 saturated heterocycles. The fourth-order valence-electron chi connectivity index (χ4n) is 2.56. The zero-order chi connectivity index (χ0) is 22.8. The van der Waals surface area contributed by atoms with E-state index >= 15 is 0 Å². The molecule has 1 aromatic heterocycles. The van der Waals surface area contributed by atoms with Crippen molar-refractivity contribution in [3.05, 3.63) is 89.6 Å². The summed E-state index contributed by atoms with van der Waals surface area (Å²) in [5.74, 6) is -0.782. The van der Waals surface area contributed by atoms with Crippen LogP contribution < -0.4 is 26.2 Å². The van der Waals surface area contributed by atoms with Gasteiger partial charge in [0, 0.05) is 13.1 Å². The monoisotopic (exact) mass is 440 g/mol. The average molecular weight is 440 g/mol. The van der Waals surface area contributed by atoms with Gasteiger partial charge < -0.3 is 19.8 Å². The number of carbonyl (C=O) groups excluding carboxylic acids is 3. The Morgan fingerprint density at radius 1 is 0.812 bits per heavy atom. The van der Waals surface area contributed by atoms with Crippen LogP contribution in [0.4, 0.5) is 9.18 Å². The van der Waals surface area contributed by atoms with Crippen LogP contribution in [0.25, 0.3) is 0 Å². The molecule has 9 nitrogen and oxygen atoms in total. The van der Waals surface area contributed by atoms with Crippen molar-refractivity contribution in [2.24, 2.45) is 0 Å². The van der Waals surface area contributed by atoms with Gasteiger partial charge in [0.25, 0.3) is 5.91 Å². The smallest absolute Gasteiger partial charge is 0.333 e. The second-order valence-corrected chi connectivity index (χ2v) is 6.44. The number of amides is 4. The summed E-state index contributed by atoms with van der Waals surface area (Å²) in [5.41, 5.74) is 4.27. The molecule has 4 amide bonds. The van der Waals surface area contributed by atoms with E-state index < -0.39 is 23.7 Å². The lowest BCUT2D eigenvalue weighted by atomic mass is 10.2. The topological polar surface area (TPSA) is 122 Å². The molecule has 0 radical (unpaired) electrons. The number of carbonyl (C=O) groups is 3. The normalized spacial score (nSPS) is 10.2. The molecule has 3 aromatic rings. The molecule has 0 saturated carbocycles. The summed E-state index contributed by atoms with van der Waals surface area (Å²) >= 11 is 0. The number of urea groups is 1. The number of benzene rings is 2. The van der Waals surface area contributed by atoms with E-state index in [1.807, 2.05) is 18.2 Å². The Hall–Kier alpha value is -4.34. The van der Waals surface area contributed by atoms with E-state index in [2.05, 4.69) is 21.5 Å². The zero-order valence-electron chi connectivity index (χ0n) is 16.9. The Morgan fingerprint density at radius 3 is 2.31 bits per heavy atom. The number of hydrogen-bond acceptors (Lipinski definition) is 5. The van der Waals surface area contributed by atoms with Crippen molar-refractivity contribution in [3.63, 3.8) is 0 Å². The van der Waals surface area contributed by atoms with E-state index in [-0.39, 0.29) is 31.0 Å². The van der Waals surface area contributed by atoms with E-state index in [1.165, 1.54) is 24.3 Å². The molecule has 3 rings (SSSR count). The van der Waals surface area contributed by atoms with Crippen molar-refractivity contribution in [1.82, 2.24) is 21.5 Å². The highest BCUT2D eigenvalue weighted by atomic mass is 19.1. The molecule has 0 spiro atoms. The van der Waals surface area contributed by atoms with Crippen molar-refractivity contribution < 1.29 is 27.9 Å². The van der Waals surface area contributed by atoms with Gasteiger partial charge in [-0.15, -0.1) is 0 Å². The van der Waals surface area contributed by atoms with Crippen LogP contribution in [0.3, 0.4) is 0 Å². The van der Waals surface area contributed by atoms with Gasteiger partial charge in [0.05, 0.1) is 5.56 Å². The molecule has 0 aliphatic rings. The third-order valence-corrected chi connectivity index (χ3v) is 4.11. The number of ether oxygens (including phenoxy) is 1. The largest absolute Gasteiger partial charge is 0.486 e. The predicted octanol–water partition coefficient (Wildman–Crippen LogP) is 2.37. The first-order chi connectivity index (χ1) is 15.5. The second kappa shape index (κ2) is 11.2. The minimum absolute atomic E-state index is 0.00545. The van der Waals surface area contributed by atoms with Gasteiger partial charge in [-0.2, -0.15) is 0 Å². The van der Waals surface area contributed by atoms with Crippen molar-refractivity contribution in [2.45, 2.75) is 6.61 Å². The van der Waals surface area contributed by atoms with Crippen LogP contribution in [0, 0.1) is 5.82 Å². The Labute approximate surface area is 182 Å². The van der Waals surface area contributed by atoms with Crippen LogP contribution in [-0.4, -0.2) is 30.9 Å². The highest BCUT2D eigenvalue weighted by molar-refractivity contribution is 5.94. The van der Waals surface area contributed by atoms with E-state index in [9.17, 15) is 18.8 Å². The average Bonchev–Trinajstić information content (AvgIpc) is 3.29. The summed E-state index contributed by atoms with van der Waals surface area (Å²) in [6.07, 6.45) is 0. The van der Waals surface area contributed by atoms with Crippen molar-refractivity contribution >= 4 is 17.8 Å². The number of rotatable bonds is 8. The van der Waals surface area contributed by atoms with Crippen LogP contribution in [0.1, 0.15) is 26.7 Å². The lowest BCUT2D eigenvalue weighted by molar-refractivity contribution is 0.0904. The number of para-hydroxylation sites is 1. The number of nitrogens with one attached hydrogen (secondary N) is 4. The number of furan rings is 1. The van der Waals surface area contributed by atoms with Crippen LogP contribution >= 0.6 is 0 Å². The van der Waals surface area contributed by atoms with Gasteiger partial charge >= 0.3 is 11.9 Å². The highest BCUT2D eigenvalue weighted by Crippen LogP contribution is 2.13. The van der Waals surface area contributed by atoms with Gasteiger partial charge in [-0.3, -0.25) is 15.0 Å². The van der Waals surface area contributed by atoms with Crippen LogP contribution in [0.5, 0.6) is 5.75 Å². The van der Waals surface area contributed by atoms with E-state index in [0.29, 0.717) is 11.5 Å². The molecule has 0 aliphatic heterocycles. The second-order valence-electron chi connectivity index (χ2n) is 6.44. The number of hydrazine groups is 1. The quantitative estimate of drug-likeness (QED) is 0.317. The number of hydrogen-bond donors (Lipinski definition) is 4. The minimum atomic E-state index is -0.697. The standard InChI is InChI=1S/C22H21FN4O5/c23-18-9-5-4-8-17(18)20(28)24-12-13-25-22(30)27-26-21(29)19-11-10-16(32-19)14-31-15-6-2-1-3-7-15/h1-11H,12-14H2,(H,24,28)(H,26,29)(H2,25,27,30). The molecule has 10 heteroatoms. The Bertz CT molecular complexity index is 1070. The van der Waals surface area contributed by atoms with Gasteiger partial charge in [0.2, 0.25) is 0 Å². The van der Waals surface area contributed by atoms with Crippen molar-refractivity contribution in [1.29, 1.82) is 0 Å². The molecular weight excluding hydrogens is 419 g/mol. The minimum Gasteiger partial charge on any atom is -0.486 e. The molecule has 0 bridgehead atoms. The summed E-state index contributed by atoms with van der Waals surface area (Å²) in [6, 6.07) is 17.1. The molecule has 1 heterocycles. The molecule has 0 aliphatic carbocycles. The predicted molar refractivity (Wildman–Crippen MR) is 112 cm³/mol. The first-order valence-electron chi connectivity index (χ1n) is 9.66. The Kier molecular flexibility index (Phi) is 7.79. The van der Waals surface area contributed by atoms with Crippen LogP contribution in [0.15, 0.2) is 71.1 Å². The summed E-state index contributed by atoms with van der Waals surface area (Å²) < 4.78 is 24.4. The van der Waals surface area contributed by atoms with Crippen molar-refractivity contribution in [3.8, 4) is 5.75 Å². The fourth-order valence-corrected chi connectivity index (χ4v) is 2.56. The molecule has 0 atom stereocenters. The molecular formula is C22H21FN4O5. The first kappa shape index (κ1) is 22.3. The fraction of sp³-hybridized carbons (Fsp3) is 0.136.